The third kappa shape index (κ3) is 3.18. The Hall–Kier alpha value is -1.79. The number of anilines is 1. The first-order valence-corrected chi connectivity index (χ1v) is 8.82. The maximum atomic E-state index is 12.5. The molecule has 0 radical (unpaired) electrons. The molecule has 2 aromatic rings. The van der Waals surface area contributed by atoms with Crippen LogP contribution in [0.25, 0.3) is 0 Å². The van der Waals surface area contributed by atoms with E-state index in [1.165, 1.54) is 23.1 Å². The van der Waals surface area contributed by atoms with Gasteiger partial charge in [0.15, 0.2) is 20.8 Å². The van der Waals surface area contributed by atoms with Crippen LogP contribution in [-0.2, 0) is 9.84 Å². The van der Waals surface area contributed by atoms with Crippen LogP contribution in [0.2, 0.25) is 5.22 Å². The molecule has 0 unspecified atom stereocenters. The molecule has 0 atom stereocenters. The van der Waals surface area contributed by atoms with Gasteiger partial charge in [-0.05, 0) is 42.8 Å². The SMILES string of the molecule is CCN(C(=O)c1ccc(Cl)o1)c1ccccc1S(=O)(=O)CC. The monoisotopic (exact) mass is 341 g/mol. The zero-order valence-electron chi connectivity index (χ0n) is 12.2. The quantitative estimate of drug-likeness (QED) is 0.836. The third-order valence-corrected chi connectivity index (χ3v) is 5.20. The number of hydrogen-bond donors (Lipinski definition) is 0. The fraction of sp³-hybridized carbons (Fsp3) is 0.267. The molecule has 0 aliphatic heterocycles. The van der Waals surface area contributed by atoms with Crippen molar-refractivity contribution in [3.8, 4) is 0 Å². The summed E-state index contributed by atoms with van der Waals surface area (Å²) in [6.45, 7) is 3.63. The lowest BCUT2D eigenvalue weighted by molar-refractivity contribution is 0.0961. The van der Waals surface area contributed by atoms with Crippen LogP contribution in [0.15, 0.2) is 45.7 Å². The number of sulfone groups is 1. The van der Waals surface area contributed by atoms with Gasteiger partial charge in [0.05, 0.1) is 16.3 Å². The molecule has 0 aliphatic rings. The van der Waals surface area contributed by atoms with Crippen molar-refractivity contribution >= 4 is 33.0 Å². The van der Waals surface area contributed by atoms with Crippen LogP contribution in [-0.4, -0.2) is 26.6 Å². The summed E-state index contributed by atoms with van der Waals surface area (Å²) < 4.78 is 29.6. The number of carbonyl (C=O) groups is 1. The fourth-order valence-electron chi connectivity index (χ4n) is 2.08. The third-order valence-electron chi connectivity index (χ3n) is 3.22. The molecule has 0 saturated carbocycles. The first-order chi connectivity index (χ1) is 10.4. The van der Waals surface area contributed by atoms with Gasteiger partial charge in [-0.15, -0.1) is 0 Å². The van der Waals surface area contributed by atoms with Gasteiger partial charge in [-0.25, -0.2) is 8.42 Å². The predicted octanol–water partition coefficient (Wildman–Crippen LogP) is 3.39. The minimum Gasteiger partial charge on any atom is -0.440 e. The minimum absolute atomic E-state index is 0.0393. The summed E-state index contributed by atoms with van der Waals surface area (Å²) in [6.07, 6.45) is 0. The van der Waals surface area contributed by atoms with E-state index in [1.807, 2.05) is 0 Å². The van der Waals surface area contributed by atoms with E-state index in [9.17, 15) is 13.2 Å². The lowest BCUT2D eigenvalue weighted by Gasteiger charge is -2.22. The molecule has 1 aromatic heterocycles. The van der Waals surface area contributed by atoms with Crippen molar-refractivity contribution in [3.63, 3.8) is 0 Å². The number of rotatable bonds is 5. The number of nitrogens with zero attached hydrogens (tertiary/aromatic N) is 1. The summed E-state index contributed by atoms with van der Waals surface area (Å²) in [5, 5.41) is 0.105. The highest BCUT2D eigenvalue weighted by molar-refractivity contribution is 7.91. The Bertz CT molecular complexity index is 782. The summed E-state index contributed by atoms with van der Waals surface area (Å²) in [5.41, 5.74) is 0.337. The molecule has 0 bridgehead atoms. The van der Waals surface area contributed by atoms with E-state index in [4.69, 9.17) is 16.0 Å². The van der Waals surface area contributed by atoms with Crippen molar-refractivity contribution in [1.82, 2.24) is 0 Å². The second kappa shape index (κ2) is 6.54. The molecule has 5 nitrogen and oxygen atoms in total. The van der Waals surface area contributed by atoms with Gasteiger partial charge in [0.25, 0.3) is 5.91 Å². The Labute approximate surface area is 134 Å². The number of halogens is 1. The summed E-state index contributed by atoms with van der Waals surface area (Å²) >= 11 is 5.69. The van der Waals surface area contributed by atoms with Gasteiger partial charge in [0.1, 0.15) is 0 Å². The zero-order valence-corrected chi connectivity index (χ0v) is 13.8. The van der Waals surface area contributed by atoms with Gasteiger partial charge in [-0.1, -0.05) is 19.1 Å². The second-order valence-corrected chi connectivity index (χ2v) is 7.14. The summed E-state index contributed by atoms with van der Waals surface area (Å²) in [6, 6.07) is 9.36. The Morgan fingerprint density at radius 2 is 1.86 bits per heavy atom. The van der Waals surface area contributed by atoms with Gasteiger partial charge in [0.2, 0.25) is 0 Å². The molecular formula is C15H16ClNO4S. The number of carbonyl (C=O) groups excluding carboxylic acids is 1. The van der Waals surface area contributed by atoms with Crippen LogP contribution in [0.3, 0.4) is 0 Å². The number of hydrogen-bond acceptors (Lipinski definition) is 4. The predicted molar refractivity (Wildman–Crippen MR) is 85.2 cm³/mol. The molecule has 118 valence electrons. The lowest BCUT2D eigenvalue weighted by Crippen LogP contribution is -2.31. The number of furan rings is 1. The van der Waals surface area contributed by atoms with E-state index in [0.717, 1.165) is 0 Å². The van der Waals surface area contributed by atoms with E-state index in [0.29, 0.717) is 12.2 Å². The van der Waals surface area contributed by atoms with Crippen LogP contribution in [0.1, 0.15) is 24.4 Å². The van der Waals surface area contributed by atoms with Crippen molar-refractivity contribution in [2.75, 3.05) is 17.2 Å². The molecule has 22 heavy (non-hydrogen) atoms. The Kier molecular flexibility index (Phi) is 4.93. The minimum atomic E-state index is -3.45. The maximum absolute atomic E-state index is 12.5. The smallest absolute Gasteiger partial charge is 0.294 e. The summed E-state index contributed by atoms with van der Waals surface area (Å²) in [5.74, 6) is -0.411. The fourth-order valence-corrected chi connectivity index (χ4v) is 3.32. The van der Waals surface area contributed by atoms with Gasteiger partial charge in [0, 0.05) is 6.54 Å². The topological polar surface area (TPSA) is 67.6 Å². The molecule has 0 aliphatic carbocycles. The molecule has 1 heterocycles. The first kappa shape index (κ1) is 16.6. The molecular weight excluding hydrogens is 326 g/mol. The van der Waals surface area contributed by atoms with Crippen LogP contribution in [0.4, 0.5) is 5.69 Å². The number of para-hydroxylation sites is 1. The Morgan fingerprint density at radius 3 is 2.41 bits per heavy atom. The van der Waals surface area contributed by atoms with Gasteiger partial charge in [-0.2, -0.15) is 0 Å². The van der Waals surface area contributed by atoms with Crippen LogP contribution < -0.4 is 4.90 Å². The number of benzene rings is 1. The van der Waals surface area contributed by atoms with E-state index in [1.54, 1.807) is 32.0 Å². The second-order valence-electron chi connectivity index (χ2n) is 4.52. The highest BCUT2D eigenvalue weighted by atomic mass is 35.5. The van der Waals surface area contributed by atoms with Crippen LogP contribution >= 0.6 is 11.6 Å². The van der Waals surface area contributed by atoms with Gasteiger partial charge < -0.3 is 9.32 Å². The van der Waals surface area contributed by atoms with Crippen LogP contribution in [0.5, 0.6) is 0 Å². The average Bonchev–Trinajstić information content (AvgIpc) is 2.95. The van der Waals surface area contributed by atoms with Crippen molar-refractivity contribution in [3.05, 3.63) is 47.4 Å². The molecule has 1 amide bonds. The molecule has 0 fully saturated rings. The van der Waals surface area contributed by atoms with E-state index >= 15 is 0 Å². The maximum Gasteiger partial charge on any atom is 0.294 e. The van der Waals surface area contributed by atoms with Crippen molar-refractivity contribution in [2.24, 2.45) is 0 Å². The van der Waals surface area contributed by atoms with Gasteiger partial charge >= 0.3 is 0 Å². The summed E-state index contributed by atoms with van der Waals surface area (Å²) in [7, 11) is -3.45. The van der Waals surface area contributed by atoms with E-state index in [2.05, 4.69) is 0 Å². The molecule has 2 rings (SSSR count). The largest absolute Gasteiger partial charge is 0.440 e. The Balaban J connectivity index is 2.51. The Morgan fingerprint density at radius 1 is 1.18 bits per heavy atom. The van der Waals surface area contributed by atoms with Crippen molar-refractivity contribution in [1.29, 1.82) is 0 Å². The molecule has 1 aromatic carbocycles. The summed E-state index contributed by atoms with van der Waals surface area (Å²) in [4.78, 5) is 14.0. The van der Waals surface area contributed by atoms with Crippen molar-refractivity contribution in [2.45, 2.75) is 18.7 Å². The number of amides is 1. The molecule has 0 saturated heterocycles. The molecule has 0 spiro atoms. The van der Waals surface area contributed by atoms with Crippen molar-refractivity contribution < 1.29 is 17.6 Å². The standard InChI is InChI=1S/C15H16ClNO4S/c1-3-17(15(18)12-9-10-14(16)21-12)11-7-5-6-8-13(11)22(19,20)4-2/h5-10H,3-4H2,1-2H3. The molecule has 7 heteroatoms. The first-order valence-electron chi connectivity index (χ1n) is 6.79. The highest BCUT2D eigenvalue weighted by Crippen LogP contribution is 2.28. The van der Waals surface area contributed by atoms with Gasteiger partial charge in [-0.3, -0.25) is 4.79 Å². The van der Waals surface area contributed by atoms with E-state index in [-0.39, 0.29) is 21.6 Å². The lowest BCUT2D eigenvalue weighted by atomic mass is 10.2. The molecule has 0 N–H and O–H groups in total. The normalized spacial score (nSPS) is 11.4. The van der Waals surface area contributed by atoms with Crippen LogP contribution in [0, 0.1) is 0 Å². The van der Waals surface area contributed by atoms with E-state index < -0.39 is 15.7 Å². The average molecular weight is 342 g/mol. The zero-order chi connectivity index (χ0) is 16.3. The highest BCUT2D eigenvalue weighted by Gasteiger charge is 2.25.